The summed E-state index contributed by atoms with van der Waals surface area (Å²) in [7, 11) is -1.80. The minimum absolute atomic E-state index is 0.204. The molecule has 1 aromatic rings. The van der Waals surface area contributed by atoms with Gasteiger partial charge < -0.3 is 4.74 Å². The van der Waals surface area contributed by atoms with E-state index in [2.05, 4.69) is 4.99 Å². The topological polar surface area (TPSA) is 72.8 Å². The zero-order chi connectivity index (χ0) is 14.1. The standard InChI is InChI=1S/C13H15NO4S/c1-18-12-5-4-10(19(2,16)17)8-11(12)13(14-9-15)6-3-7-13/h4-5,8H,3,6-7H2,1-2H3. The number of methoxy groups -OCH3 is 1. The number of carbonyl (C=O) groups excluding carboxylic acids is 1. The van der Waals surface area contributed by atoms with Crippen LogP contribution in [0.5, 0.6) is 5.75 Å². The fraction of sp³-hybridized carbons (Fsp3) is 0.462. The van der Waals surface area contributed by atoms with Gasteiger partial charge in [-0.2, -0.15) is 4.99 Å². The summed E-state index contributed by atoms with van der Waals surface area (Å²) in [6.07, 6.45) is 5.08. The Morgan fingerprint density at radius 1 is 1.37 bits per heavy atom. The Hall–Kier alpha value is -1.65. The number of hydrogen-bond donors (Lipinski definition) is 0. The van der Waals surface area contributed by atoms with Crippen LogP contribution in [0.4, 0.5) is 0 Å². The Balaban J connectivity index is 2.63. The molecule has 0 unspecified atom stereocenters. The lowest BCUT2D eigenvalue weighted by Gasteiger charge is -2.38. The largest absolute Gasteiger partial charge is 0.496 e. The van der Waals surface area contributed by atoms with E-state index in [1.165, 1.54) is 13.2 Å². The summed E-state index contributed by atoms with van der Waals surface area (Å²) in [5, 5.41) is 0. The molecule has 0 heterocycles. The maximum atomic E-state index is 11.6. The molecule has 102 valence electrons. The van der Waals surface area contributed by atoms with Gasteiger partial charge in [-0.05, 0) is 37.5 Å². The van der Waals surface area contributed by atoms with Crippen molar-refractivity contribution in [3.05, 3.63) is 23.8 Å². The van der Waals surface area contributed by atoms with Gasteiger partial charge in [0.1, 0.15) is 11.3 Å². The van der Waals surface area contributed by atoms with Crippen molar-refractivity contribution in [1.82, 2.24) is 0 Å². The Morgan fingerprint density at radius 2 is 2.05 bits per heavy atom. The van der Waals surface area contributed by atoms with Crippen LogP contribution >= 0.6 is 0 Å². The van der Waals surface area contributed by atoms with E-state index in [0.29, 0.717) is 24.2 Å². The van der Waals surface area contributed by atoms with Gasteiger partial charge in [0.25, 0.3) is 0 Å². The molecule has 1 saturated carbocycles. The lowest BCUT2D eigenvalue weighted by molar-refractivity contribution is 0.245. The molecule has 1 aromatic carbocycles. The Kier molecular flexibility index (Phi) is 3.47. The molecule has 1 aliphatic carbocycles. The van der Waals surface area contributed by atoms with Crippen molar-refractivity contribution in [3.63, 3.8) is 0 Å². The third-order valence-electron chi connectivity index (χ3n) is 3.54. The van der Waals surface area contributed by atoms with Gasteiger partial charge >= 0.3 is 0 Å². The van der Waals surface area contributed by atoms with Crippen LogP contribution in [0.3, 0.4) is 0 Å². The average Bonchev–Trinajstić information content (AvgIpc) is 2.32. The van der Waals surface area contributed by atoms with E-state index in [9.17, 15) is 13.2 Å². The first kappa shape index (κ1) is 13.8. The molecule has 0 aromatic heterocycles. The van der Waals surface area contributed by atoms with Crippen LogP contribution in [-0.2, 0) is 20.2 Å². The Labute approximate surface area is 112 Å². The van der Waals surface area contributed by atoms with Crippen LogP contribution in [0.25, 0.3) is 0 Å². The molecule has 1 fully saturated rings. The summed E-state index contributed by atoms with van der Waals surface area (Å²) in [5.41, 5.74) is -0.0270. The zero-order valence-electron chi connectivity index (χ0n) is 10.8. The van der Waals surface area contributed by atoms with E-state index in [1.807, 2.05) is 0 Å². The molecule has 0 saturated heterocycles. The van der Waals surface area contributed by atoms with E-state index >= 15 is 0 Å². The summed E-state index contributed by atoms with van der Waals surface area (Å²) in [6.45, 7) is 0. The highest BCUT2D eigenvalue weighted by molar-refractivity contribution is 7.90. The highest BCUT2D eigenvalue weighted by Crippen LogP contribution is 2.48. The van der Waals surface area contributed by atoms with E-state index in [-0.39, 0.29) is 4.90 Å². The average molecular weight is 281 g/mol. The third kappa shape index (κ3) is 2.41. The van der Waals surface area contributed by atoms with Crippen molar-refractivity contribution in [2.24, 2.45) is 4.99 Å². The highest BCUT2D eigenvalue weighted by Gasteiger charge is 2.41. The molecule has 2 rings (SSSR count). The molecule has 0 amide bonds. The first-order valence-electron chi connectivity index (χ1n) is 5.90. The number of isocyanates is 1. The van der Waals surface area contributed by atoms with Crippen LogP contribution < -0.4 is 4.74 Å². The van der Waals surface area contributed by atoms with Crippen molar-refractivity contribution in [2.45, 2.75) is 29.7 Å². The summed E-state index contributed by atoms with van der Waals surface area (Å²) in [4.78, 5) is 14.7. The third-order valence-corrected chi connectivity index (χ3v) is 4.65. The van der Waals surface area contributed by atoms with Crippen LogP contribution in [0.2, 0.25) is 0 Å². The maximum Gasteiger partial charge on any atom is 0.235 e. The zero-order valence-corrected chi connectivity index (χ0v) is 11.7. The minimum atomic E-state index is -3.31. The molecule has 0 N–H and O–H groups in total. The lowest BCUT2D eigenvalue weighted by atomic mass is 9.72. The Bertz CT molecular complexity index is 641. The normalized spacial score (nSPS) is 17.2. The van der Waals surface area contributed by atoms with Gasteiger partial charge in [0.15, 0.2) is 9.84 Å². The number of nitrogens with zero attached hydrogens (tertiary/aromatic N) is 1. The van der Waals surface area contributed by atoms with Crippen LogP contribution in [0.15, 0.2) is 28.1 Å². The molecule has 0 bridgehead atoms. The summed E-state index contributed by atoms with van der Waals surface area (Å²) >= 11 is 0. The van der Waals surface area contributed by atoms with Gasteiger partial charge in [-0.1, -0.05) is 0 Å². The first-order valence-corrected chi connectivity index (χ1v) is 7.80. The summed E-state index contributed by atoms with van der Waals surface area (Å²) < 4.78 is 28.5. The molecule has 19 heavy (non-hydrogen) atoms. The fourth-order valence-corrected chi connectivity index (χ4v) is 2.97. The van der Waals surface area contributed by atoms with Gasteiger partial charge in [-0.3, -0.25) is 0 Å². The van der Waals surface area contributed by atoms with E-state index in [0.717, 1.165) is 12.7 Å². The predicted octanol–water partition coefficient (Wildman–Crippen LogP) is 1.81. The van der Waals surface area contributed by atoms with Crippen LogP contribution in [0, 0.1) is 0 Å². The monoisotopic (exact) mass is 281 g/mol. The smallest absolute Gasteiger partial charge is 0.235 e. The molecule has 5 nitrogen and oxygen atoms in total. The molecule has 6 heteroatoms. The van der Waals surface area contributed by atoms with Crippen molar-refractivity contribution < 1.29 is 17.9 Å². The molecular weight excluding hydrogens is 266 g/mol. The second-order valence-corrected chi connectivity index (χ2v) is 6.74. The number of aliphatic imine (C=N–C) groups is 1. The summed E-state index contributed by atoms with van der Waals surface area (Å²) in [6, 6.07) is 4.65. The molecule has 0 spiro atoms. The second kappa shape index (κ2) is 4.79. The van der Waals surface area contributed by atoms with Crippen molar-refractivity contribution in [3.8, 4) is 5.75 Å². The highest BCUT2D eigenvalue weighted by atomic mass is 32.2. The van der Waals surface area contributed by atoms with Crippen LogP contribution in [-0.4, -0.2) is 27.9 Å². The van der Waals surface area contributed by atoms with Gasteiger partial charge in [0, 0.05) is 11.8 Å². The number of hydrogen-bond acceptors (Lipinski definition) is 5. The molecule has 0 radical (unpaired) electrons. The molecule has 1 aliphatic rings. The van der Waals surface area contributed by atoms with Gasteiger partial charge in [-0.15, -0.1) is 0 Å². The minimum Gasteiger partial charge on any atom is -0.496 e. The van der Waals surface area contributed by atoms with Crippen molar-refractivity contribution >= 4 is 15.9 Å². The lowest BCUT2D eigenvalue weighted by Crippen LogP contribution is -2.32. The van der Waals surface area contributed by atoms with Crippen LogP contribution in [0.1, 0.15) is 24.8 Å². The van der Waals surface area contributed by atoms with Gasteiger partial charge in [0.05, 0.1) is 12.0 Å². The van der Waals surface area contributed by atoms with E-state index in [1.54, 1.807) is 18.2 Å². The quantitative estimate of drug-likeness (QED) is 0.623. The first-order chi connectivity index (χ1) is 8.93. The number of ether oxygens (including phenoxy) is 1. The Morgan fingerprint density at radius 3 is 2.47 bits per heavy atom. The second-order valence-electron chi connectivity index (χ2n) is 4.72. The van der Waals surface area contributed by atoms with Crippen molar-refractivity contribution in [1.29, 1.82) is 0 Å². The van der Waals surface area contributed by atoms with E-state index < -0.39 is 15.4 Å². The van der Waals surface area contributed by atoms with Gasteiger partial charge in [-0.25, -0.2) is 13.2 Å². The summed E-state index contributed by atoms with van der Waals surface area (Å²) in [5.74, 6) is 0.547. The number of sulfone groups is 1. The fourth-order valence-electron chi connectivity index (χ4n) is 2.32. The van der Waals surface area contributed by atoms with Crippen molar-refractivity contribution in [2.75, 3.05) is 13.4 Å². The maximum absolute atomic E-state index is 11.6. The number of benzene rings is 1. The van der Waals surface area contributed by atoms with E-state index in [4.69, 9.17) is 4.74 Å². The molecule has 0 aliphatic heterocycles. The molecule has 0 atom stereocenters. The van der Waals surface area contributed by atoms with Gasteiger partial charge in [0.2, 0.25) is 6.08 Å². The SMILES string of the molecule is COc1ccc(S(C)(=O)=O)cc1C1(N=C=O)CCC1. The predicted molar refractivity (Wildman–Crippen MR) is 69.8 cm³/mol. The number of rotatable bonds is 4. The molecular formula is C13H15NO4S.